The first-order valence-electron chi connectivity index (χ1n) is 6.20. The highest BCUT2D eigenvalue weighted by atomic mass is 15.2. The van der Waals surface area contributed by atoms with E-state index in [9.17, 15) is 0 Å². The van der Waals surface area contributed by atoms with Crippen molar-refractivity contribution in [2.75, 3.05) is 24.6 Å². The summed E-state index contributed by atoms with van der Waals surface area (Å²) in [4.78, 5) is 2.49. The van der Waals surface area contributed by atoms with Gasteiger partial charge in [-0.2, -0.15) is 5.10 Å². The summed E-state index contributed by atoms with van der Waals surface area (Å²) in [5.41, 5.74) is 12.9. The largest absolute Gasteiger partial charge is 0.396 e. The Hall–Kier alpha value is -1.36. The number of likely N-dealkylation sites (tertiary alicyclic amines) is 1. The summed E-state index contributed by atoms with van der Waals surface area (Å²) < 4.78 is 0. The highest BCUT2D eigenvalue weighted by Crippen LogP contribution is 2.28. The Balaban J connectivity index is 2.03. The van der Waals surface area contributed by atoms with Crippen LogP contribution in [0, 0.1) is 0 Å². The van der Waals surface area contributed by atoms with Gasteiger partial charge in [-0.15, -0.1) is 5.10 Å². The van der Waals surface area contributed by atoms with Crippen LogP contribution in [0.4, 0.5) is 11.5 Å². The van der Waals surface area contributed by atoms with Gasteiger partial charge in [-0.05, 0) is 45.8 Å². The van der Waals surface area contributed by atoms with Crippen LogP contribution < -0.4 is 11.5 Å². The molecule has 1 aliphatic rings. The Morgan fingerprint density at radius 2 is 1.88 bits per heavy atom. The summed E-state index contributed by atoms with van der Waals surface area (Å²) >= 11 is 0. The van der Waals surface area contributed by atoms with Crippen molar-refractivity contribution < 1.29 is 0 Å². The molecule has 2 rings (SSSR count). The van der Waals surface area contributed by atoms with Crippen molar-refractivity contribution in [1.29, 1.82) is 0 Å². The first kappa shape index (κ1) is 12.1. The van der Waals surface area contributed by atoms with Crippen molar-refractivity contribution in [3.8, 4) is 0 Å². The third-order valence-electron chi connectivity index (χ3n) is 3.55. The monoisotopic (exact) mass is 235 g/mol. The van der Waals surface area contributed by atoms with E-state index >= 15 is 0 Å². The molecule has 0 atom stereocenters. The van der Waals surface area contributed by atoms with Crippen LogP contribution in [0.2, 0.25) is 0 Å². The second kappa shape index (κ2) is 4.87. The molecular weight excluding hydrogens is 214 g/mol. The van der Waals surface area contributed by atoms with E-state index in [1.165, 1.54) is 0 Å². The molecule has 1 saturated heterocycles. The molecule has 5 heteroatoms. The molecular formula is C12H21N5. The van der Waals surface area contributed by atoms with Crippen molar-refractivity contribution in [3.05, 3.63) is 11.8 Å². The summed E-state index contributed by atoms with van der Waals surface area (Å²) in [6.07, 6.45) is 2.24. The summed E-state index contributed by atoms with van der Waals surface area (Å²) in [5.74, 6) is 0.800. The van der Waals surface area contributed by atoms with Crippen LogP contribution >= 0.6 is 0 Å². The third-order valence-corrected chi connectivity index (χ3v) is 3.55. The molecule has 4 N–H and O–H groups in total. The number of nitrogens with two attached hydrogens (primary N) is 2. The summed E-state index contributed by atoms with van der Waals surface area (Å²) in [6.45, 7) is 6.71. The number of rotatable bonds is 2. The average molecular weight is 235 g/mol. The second-order valence-electron chi connectivity index (χ2n) is 5.01. The van der Waals surface area contributed by atoms with E-state index in [4.69, 9.17) is 11.5 Å². The molecule has 1 aromatic rings. The van der Waals surface area contributed by atoms with Gasteiger partial charge in [0.05, 0.1) is 11.4 Å². The SMILES string of the molecule is CC(C)N1CCC(c2cc(N)c(N)nn2)CC1. The average Bonchev–Trinajstić information content (AvgIpc) is 2.33. The van der Waals surface area contributed by atoms with Crippen LogP contribution in [-0.2, 0) is 0 Å². The second-order valence-corrected chi connectivity index (χ2v) is 5.01. The number of hydrogen-bond acceptors (Lipinski definition) is 5. The Labute approximate surface area is 102 Å². The van der Waals surface area contributed by atoms with Gasteiger partial charge in [-0.3, -0.25) is 0 Å². The molecule has 0 amide bonds. The van der Waals surface area contributed by atoms with Gasteiger partial charge in [-0.25, -0.2) is 0 Å². The van der Waals surface area contributed by atoms with Crippen LogP contribution in [0.15, 0.2) is 6.07 Å². The van der Waals surface area contributed by atoms with E-state index < -0.39 is 0 Å². The number of piperidine rings is 1. The fourth-order valence-corrected chi connectivity index (χ4v) is 2.34. The van der Waals surface area contributed by atoms with E-state index in [1.807, 2.05) is 6.07 Å². The van der Waals surface area contributed by atoms with Gasteiger partial charge in [0.25, 0.3) is 0 Å². The van der Waals surface area contributed by atoms with E-state index in [0.29, 0.717) is 23.5 Å². The first-order valence-corrected chi connectivity index (χ1v) is 6.20. The van der Waals surface area contributed by atoms with Gasteiger partial charge in [-0.1, -0.05) is 0 Å². The molecule has 0 aromatic carbocycles. The summed E-state index contributed by atoms with van der Waals surface area (Å²) in [5, 5.41) is 8.06. The van der Waals surface area contributed by atoms with Gasteiger partial charge in [0.2, 0.25) is 0 Å². The molecule has 0 saturated carbocycles. The van der Waals surface area contributed by atoms with Gasteiger partial charge in [0, 0.05) is 12.0 Å². The van der Waals surface area contributed by atoms with Gasteiger partial charge in [0.15, 0.2) is 5.82 Å². The van der Waals surface area contributed by atoms with Crippen molar-refractivity contribution in [3.63, 3.8) is 0 Å². The lowest BCUT2D eigenvalue weighted by Gasteiger charge is -2.34. The highest BCUT2D eigenvalue weighted by molar-refractivity contribution is 5.57. The van der Waals surface area contributed by atoms with Crippen molar-refractivity contribution in [2.24, 2.45) is 0 Å². The number of hydrogen-bond donors (Lipinski definition) is 2. The molecule has 1 fully saturated rings. The molecule has 1 aromatic heterocycles. The van der Waals surface area contributed by atoms with Crippen LogP contribution in [0.25, 0.3) is 0 Å². The smallest absolute Gasteiger partial charge is 0.169 e. The highest BCUT2D eigenvalue weighted by Gasteiger charge is 2.23. The van der Waals surface area contributed by atoms with E-state index in [2.05, 4.69) is 28.9 Å². The maximum absolute atomic E-state index is 5.76. The Morgan fingerprint density at radius 3 is 2.41 bits per heavy atom. The molecule has 0 bridgehead atoms. The van der Waals surface area contributed by atoms with Crippen LogP contribution in [0.5, 0.6) is 0 Å². The number of nitrogens with zero attached hydrogens (tertiary/aromatic N) is 3. The maximum Gasteiger partial charge on any atom is 0.169 e. The minimum absolute atomic E-state index is 0.327. The minimum Gasteiger partial charge on any atom is -0.396 e. The normalized spacial score (nSPS) is 18.8. The third kappa shape index (κ3) is 2.66. The number of nitrogen functional groups attached to an aromatic ring is 2. The fraction of sp³-hybridized carbons (Fsp3) is 0.667. The maximum atomic E-state index is 5.76. The Bertz CT molecular complexity index is 382. The lowest BCUT2D eigenvalue weighted by molar-refractivity contribution is 0.170. The zero-order valence-corrected chi connectivity index (χ0v) is 10.6. The zero-order chi connectivity index (χ0) is 12.4. The molecule has 2 heterocycles. The summed E-state index contributed by atoms with van der Waals surface area (Å²) in [7, 11) is 0. The lowest BCUT2D eigenvalue weighted by atomic mass is 9.92. The van der Waals surface area contributed by atoms with Gasteiger partial charge < -0.3 is 16.4 Å². The first-order chi connectivity index (χ1) is 8.08. The van der Waals surface area contributed by atoms with Gasteiger partial charge >= 0.3 is 0 Å². The van der Waals surface area contributed by atoms with Crippen molar-refractivity contribution in [2.45, 2.75) is 38.6 Å². The van der Waals surface area contributed by atoms with Crippen LogP contribution in [-0.4, -0.2) is 34.2 Å². The molecule has 1 aliphatic heterocycles. The van der Waals surface area contributed by atoms with Crippen LogP contribution in [0.3, 0.4) is 0 Å². The zero-order valence-electron chi connectivity index (χ0n) is 10.6. The Kier molecular flexibility index (Phi) is 3.47. The van der Waals surface area contributed by atoms with Crippen LogP contribution in [0.1, 0.15) is 38.3 Å². The quantitative estimate of drug-likeness (QED) is 0.805. The summed E-state index contributed by atoms with van der Waals surface area (Å²) in [6, 6.07) is 2.50. The number of anilines is 2. The Morgan fingerprint density at radius 1 is 1.24 bits per heavy atom. The molecule has 17 heavy (non-hydrogen) atoms. The molecule has 5 nitrogen and oxygen atoms in total. The topological polar surface area (TPSA) is 81.1 Å². The molecule has 0 aliphatic carbocycles. The number of aromatic nitrogens is 2. The standard InChI is InChI=1S/C12H21N5/c1-8(2)17-5-3-9(4-6-17)11-7-10(13)12(14)16-15-11/h7-9H,3-6H2,1-2H3,(H2,13,15)(H2,14,16). The minimum atomic E-state index is 0.327. The van der Waals surface area contributed by atoms with Crippen molar-refractivity contribution >= 4 is 11.5 Å². The predicted molar refractivity (Wildman–Crippen MR) is 69.5 cm³/mol. The lowest BCUT2D eigenvalue weighted by Crippen LogP contribution is -2.38. The van der Waals surface area contributed by atoms with E-state index in [1.54, 1.807) is 0 Å². The van der Waals surface area contributed by atoms with E-state index in [0.717, 1.165) is 31.6 Å². The van der Waals surface area contributed by atoms with E-state index in [-0.39, 0.29) is 0 Å². The molecule has 0 spiro atoms. The molecule has 94 valence electrons. The van der Waals surface area contributed by atoms with Gasteiger partial charge in [0.1, 0.15) is 0 Å². The fourth-order valence-electron chi connectivity index (χ4n) is 2.34. The molecule has 0 unspecified atom stereocenters. The predicted octanol–water partition coefficient (Wildman–Crippen LogP) is 1.23. The van der Waals surface area contributed by atoms with Crippen molar-refractivity contribution in [1.82, 2.24) is 15.1 Å². The molecule has 0 radical (unpaired) electrons.